The van der Waals surface area contributed by atoms with Gasteiger partial charge in [0.1, 0.15) is 24.3 Å². The van der Waals surface area contributed by atoms with Crippen molar-refractivity contribution < 1.29 is 23.1 Å². The van der Waals surface area contributed by atoms with Gasteiger partial charge in [0, 0.05) is 0 Å². The fourth-order valence-corrected chi connectivity index (χ4v) is 2.27. The van der Waals surface area contributed by atoms with Crippen LogP contribution >= 0.6 is 0 Å². The number of ether oxygens (including phenoxy) is 2. The average molecular weight is 339 g/mol. The van der Waals surface area contributed by atoms with Gasteiger partial charge in [0.25, 0.3) is 5.89 Å². The summed E-state index contributed by atoms with van der Waals surface area (Å²) in [5, 5.41) is 0. The van der Waals surface area contributed by atoms with E-state index in [1.807, 2.05) is 13.0 Å². The molecular formula is C19H17NO5. The summed E-state index contributed by atoms with van der Waals surface area (Å²) in [6.07, 6.45) is 5.40. The zero-order valence-electron chi connectivity index (χ0n) is 13.9. The largest absolute Gasteiger partial charge is 0.493 e. The van der Waals surface area contributed by atoms with Gasteiger partial charge < -0.3 is 18.3 Å². The molecule has 6 heteroatoms. The van der Waals surface area contributed by atoms with Crippen LogP contribution in [-0.2, 0) is 11.4 Å². The zero-order valence-corrected chi connectivity index (χ0v) is 13.9. The lowest BCUT2D eigenvalue weighted by atomic mass is 10.2. The van der Waals surface area contributed by atoms with E-state index < -0.39 is 0 Å². The molecule has 0 radical (unpaired) electrons. The van der Waals surface area contributed by atoms with Crippen molar-refractivity contribution in [3.05, 3.63) is 59.7 Å². The number of hydrogen-bond acceptors (Lipinski definition) is 6. The van der Waals surface area contributed by atoms with Gasteiger partial charge in [-0.15, -0.1) is 0 Å². The minimum absolute atomic E-state index is 0.232. The van der Waals surface area contributed by atoms with Gasteiger partial charge in [-0.2, -0.15) is 0 Å². The number of carbonyl (C=O) groups excluding carboxylic acids is 1. The van der Waals surface area contributed by atoms with Crippen molar-refractivity contribution in [2.24, 2.45) is 0 Å². The molecule has 6 nitrogen and oxygen atoms in total. The van der Waals surface area contributed by atoms with Crippen LogP contribution in [-0.4, -0.2) is 18.4 Å². The molecule has 0 aliphatic heterocycles. The number of aldehydes is 1. The molecule has 2 heterocycles. The third-order valence-electron chi connectivity index (χ3n) is 3.54. The summed E-state index contributed by atoms with van der Waals surface area (Å²) in [6.45, 7) is 2.05. The monoisotopic (exact) mass is 339 g/mol. The Balaban J connectivity index is 1.75. The van der Waals surface area contributed by atoms with Crippen molar-refractivity contribution in [1.82, 2.24) is 4.98 Å². The van der Waals surface area contributed by atoms with Crippen LogP contribution in [0.25, 0.3) is 17.7 Å². The number of benzene rings is 1. The molecule has 0 amide bonds. The number of methoxy groups -OCH3 is 1. The molecule has 0 aliphatic carbocycles. The molecule has 128 valence electrons. The molecular weight excluding hydrogens is 322 g/mol. The molecule has 0 fully saturated rings. The summed E-state index contributed by atoms with van der Waals surface area (Å²) in [5.74, 6) is 2.80. The van der Waals surface area contributed by atoms with Crippen molar-refractivity contribution in [3.63, 3.8) is 0 Å². The minimum Gasteiger partial charge on any atom is -0.493 e. The fourth-order valence-electron chi connectivity index (χ4n) is 2.27. The Bertz CT molecular complexity index is 877. The molecule has 0 saturated heterocycles. The molecule has 0 atom stereocenters. The zero-order chi connectivity index (χ0) is 17.6. The number of rotatable bonds is 7. The maximum Gasteiger partial charge on any atom is 0.263 e. The van der Waals surface area contributed by atoms with Crippen LogP contribution < -0.4 is 9.47 Å². The van der Waals surface area contributed by atoms with Gasteiger partial charge in [0.2, 0.25) is 0 Å². The van der Waals surface area contributed by atoms with Gasteiger partial charge in [-0.1, -0.05) is 12.1 Å². The number of oxazole rings is 1. The van der Waals surface area contributed by atoms with Crippen LogP contribution in [0.15, 0.2) is 51.5 Å². The van der Waals surface area contributed by atoms with E-state index in [1.165, 1.54) is 6.08 Å². The molecule has 1 aromatic carbocycles. The molecule has 0 bridgehead atoms. The summed E-state index contributed by atoms with van der Waals surface area (Å²) < 4.78 is 22.0. The Morgan fingerprint density at radius 1 is 1.24 bits per heavy atom. The highest BCUT2D eigenvalue weighted by Crippen LogP contribution is 2.30. The predicted octanol–water partition coefficient (Wildman–Crippen LogP) is 4.04. The van der Waals surface area contributed by atoms with Gasteiger partial charge >= 0.3 is 0 Å². The second kappa shape index (κ2) is 7.53. The van der Waals surface area contributed by atoms with Crippen molar-refractivity contribution in [2.75, 3.05) is 7.11 Å². The molecule has 3 aromatic rings. The second-order valence-electron chi connectivity index (χ2n) is 5.19. The highest BCUT2D eigenvalue weighted by atomic mass is 16.5. The lowest BCUT2D eigenvalue weighted by Gasteiger charge is -2.10. The van der Waals surface area contributed by atoms with Crippen LogP contribution in [0.1, 0.15) is 17.0 Å². The normalized spacial score (nSPS) is 11.0. The molecule has 2 aromatic heterocycles. The van der Waals surface area contributed by atoms with E-state index in [1.54, 1.807) is 43.7 Å². The highest BCUT2D eigenvalue weighted by Gasteiger charge is 2.14. The molecule has 0 N–H and O–H groups in total. The van der Waals surface area contributed by atoms with E-state index in [0.717, 1.165) is 11.8 Å². The van der Waals surface area contributed by atoms with Crippen LogP contribution in [0.2, 0.25) is 0 Å². The van der Waals surface area contributed by atoms with E-state index in [9.17, 15) is 4.79 Å². The average Bonchev–Trinajstić information content (AvgIpc) is 3.28. The van der Waals surface area contributed by atoms with E-state index in [4.69, 9.17) is 18.3 Å². The lowest BCUT2D eigenvalue weighted by Crippen LogP contribution is -1.99. The van der Waals surface area contributed by atoms with Crippen LogP contribution in [0.5, 0.6) is 11.5 Å². The first-order valence-corrected chi connectivity index (χ1v) is 7.64. The standard InChI is InChI=1S/C19H17NO5/c1-13-15(20-19(25-13)17-6-4-10-23-17)12-24-16-8-7-14(5-3-9-21)11-18(16)22-2/h3-11H,12H2,1-2H3/b5-3+. The summed E-state index contributed by atoms with van der Waals surface area (Å²) in [5.41, 5.74) is 1.52. The smallest absolute Gasteiger partial charge is 0.263 e. The van der Waals surface area contributed by atoms with Crippen LogP contribution in [0, 0.1) is 6.92 Å². The quantitative estimate of drug-likeness (QED) is 0.478. The lowest BCUT2D eigenvalue weighted by molar-refractivity contribution is -0.104. The fraction of sp³-hybridized carbons (Fsp3) is 0.158. The first-order valence-electron chi connectivity index (χ1n) is 7.64. The Morgan fingerprint density at radius 3 is 2.84 bits per heavy atom. The van der Waals surface area contributed by atoms with Gasteiger partial charge in [-0.05, 0) is 42.8 Å². The minimum atomic E-state index is 0.232. The topological polar surface area (TPSA) is 74.7 Å². The highest BCUT2D eigenvalue weighted by molar-refractivity contribution is 5.74. The van der Waals surface area contributed by atoms with Gasteiger partial charge in [0.05, 0.1) is 13.4 Å². The van der Waals surface area contributed by atoms with Gasteiger partial charge in [-0.25, -0.2) is 4.98 Å². The number of hydrogen-bond donors (Lipinski definition) is 0. The second-order valence-corrected chi connectivity index (χ2v) is 5.19. The van der Waals surface area contributed by atoms with Crippen LogP contribution in [0.4, 0.5) is 0 Å². The van der Waals surface area contributed by atoms with E-state index in [0.29, 0.717) is 34.6 Å². The first kappa shape index (κ1) is 16.6. The third kappa shape index (κ3) is 3.80. The molecule has 25 heavy (non-hydrogen) atoms. The SMILES string of the molecule is COc1cc(/C=C/C=O)ccc1OCc1nc(-c2ccco2)oc1C. The summed E-state index contributed by atoms with van der Waals surface area (Å²) in [6, 6.07) is 8.97. The number of nitrogens with zero attached hydrogens (tertiary/aromatic N) is 1. The molecule has 0 unspecified atom stereocenters. The molecule has 0 spiro atoms. The van der Waals surface area contributed by atoms with Crippen molar-refractivity contribution in [3.8, 4) is 23.1 Å². The number of allylic oxidation sites excluding steroid dienone is 1. The van der Waals surface area contributed by atoms with Gasteiger partial charge in [0.15, 0.2) is 17.3 Å². The molecule has 0 saturated carbocycles. The Morgan fingerprint density at radius 2 is 2.12 bits per heavy atom. The van der Waals surface area contributed by atoms with Crippen molar-refractivity contribution in [1.29, 1.82) is 0 Å². The van der Waals surface area contributed by atoms with E-state index >= 15 is 0 Å². The molecule has 3 rings (SSSR count). The maximum atomic E-state index is 10.4. The number of furan rings is 1. The molecule has 0 aliphatic rings. The summed E-state index contributed by atoms with van der Waals surface area (Å²) >= 11 is 0. The third-order valence-corrected chi connectivity index (χ3v) is 3.54. The Kier molecular flexibility index (Phi) is 4.99. The summed E-state index contributed by atoms with van der Waals surface area (Å²) in [4.78, 5) is 14.8. The number of aromatic nitrogens is 1. The first-order chi connectivity index (χ1) is 12.2. The Hall–Kier alpha value is -3.28. The Labute approximate surface area is 144 Å². The van der Waals surface area contributed by atoms with E-state index in [-0.39, 0.29) is 6.61 Å². The van der Waals surface area contributed by atoms with Crippen molar-refractivity contribution in [2.45, 2.75) is 13.5 Å². The van der Waals surface area contributed by atoms with E-state index in [2.05, 4.69) is 4.98 Å². The van der Waals surface area contributed by atoms with Gasteiger partial charge in [-0.3, -0.25) is 4.79 Å². The number of aryl methyl sites for hydroxylation is 1. The summed E-state index contributed by atoms with van der Waals surface area (Å²) in [7, 11) is 1.56. The van der Waals surface area contributed by atoms with Crippen LogP contribution in [0.3, 0.4) is 0 Å². The van der Waals surface area contributed by atoms with Crippen molar-refractivity contribution >= 4 is 12.4 Å². The predicted molar refractivity (Wildman–Crippen MR) is 91.4 cm³/mol. The maximum absolute atomic E-state index is 10.4. The number of carbonyl (C=O) groups is 1.